The van der Waals surface area contributed by atoms with Crippen LogP contribution < -0.4 is 5.32 Å². The topological polar surface area (TPSA) is 63.1 Å². The van der Waals surface area contributed by atoms with E-state index in [-0.39, 0.29) is 12.1 Å². The molecule has 0 unspecified atom stereocenters. The molecule has 0 saturated carbocycles. The van der Waals surface area contributed by atoms with Crippen molar-refractivity contribution in [3.05, 3.63) is 54.1 Å². The van der Waals surface area contributed by atoms with Crippen molar-refractivity contribution in [2.24, 2.45) is 7.05 Å². The van der Waals surface area contributed by atoms with Crippen molar-refractivity contribution in [1.29, 1.82) is 0 Å². The number of hydrogen-bond donors (Lipinski definition) is 1. The Morgan fingerprint density at radius 2 is 2.09 bits per heavy atom. The lowest BCUT2D eigenvalue weighted by atomic mass is 10.00. The molecule has 0 spiro atoms. The van der Waals surface area contributed by atoms with Crippen LogP contribution in [0.1, 0.15) is 30.8 Å². The van der Waals surface area contributed by atoms with Gasteiger partial charge in [0.25, 0.3) is 0 Å². The smallest absolute Gasteiger partial charge is 0.318 e. The summed E-state index contributed by atoms with van der Waals surface area (Å²) in [7, 11) is 1.87. The lowest BCUT2D eigenvalue weighted by molar-refractivity contribution is 0.199. The molecule has 0 fully saturated rings. The molecular weight excluding hydrogens is 290 g/mol. The van der Waals surface area contributed by atoms with Crippen molar-refractivity contribution in [2.45, 2.75) is 19.4 Å². The third kappa shape index (κ3) is 3.41. The predicted molar refractivity (Wildman–Crippen MR) is 88.6 cm³/mol. The molecule has 0 saturated heterocycles. The van der Waals surface area contributed by atoms with Crippen molar-refractivity contribution in [3.8, 4) is 0 Å². The van der Waals surface area contributed by atoms with Crippen molar-refractivity contribution in [1.82, 2.24) is 25.0 Å². The van der Waals surface area contributed by atoms with E-state index in [1.165, 1.54) is 11.1 Å². The third-order valence-electron chi connectivity index (χ3n) is 4.11. The van der Waals surface area contributed by atoms with Gasteiger partial charge in [0, 0.05) is 20.1 Å². The number of nitrogens with one attached hydrogen (secondary N) is 1. The van der Waals surface area contributed by atoms with E-state index in [0.29, 0.717) is 6.54 Å². The molecule has 2 heterocycles. The molecule has 0 bridgehead atoms. The quantitative estimate of drug-likeness (QED) is 0.946. The van der Waals surface area contributed by atoms with Crippen LogP contribution in [0.4, 0.5) is 4.79 Å². The minimum atomic E-state index is -0.172. The third-order valence-corrected chi connectivity index (χ3v) is 4.11. The summed E-state index contributed by atoms with van der Waals surface area (Å²) in [4.78, 5) is 14.2. The van der Waals surface area contributed by atoms with Gasteiger partial charge in [0.1, 0.15) is 6.33 Å². The van der Waals surface area contributed by atoms with Gasteiger partial charge in [-0.25, -0.2) is 4.79 Å². The fourth-order valence-corrected chi connectivity index (χ4v) is 2.79. The first kappa shape index (κ1) is 15.3. The fourth-order valence-electron chi connectivity index (χ4n) is 2.79. The van der Waals surface area contributed by atoms with Crippen LogP contribution >= 0.6 is 0 Å². The first-order valence-electron chi connectivity index (χ1n) is 7.79. The number of urea groups is 1. The van der Waals surface area contributed by atoms with Gasteiger partial charge in [-0.3, -0.25) is 0 Å². The Morgan fingerprint density at radius 1 is 1.30 bits per heavy atom. The van der Waals surface area contributed by atoms with Crippen LogP contribution in [0.25, 0.3) is 5.57 Å². The second kappa shape index (κ2) is 6.64. The van der Waals surface area contributed by atoms with Crippen LogP contribution in [-0.4, -0.2) is 38.8 Å². The molecule has 2 amide bonds. The van der Waals surface area contributed by atoms with E-state index in [4.69, 9.17) is 0 Å². The molecule has 120 valence electrons. The van der Waals surface area contributed by atoms with Crippen molar-refractivity contribution in [3.63, 3.8) is 0 Å². The van der Waals surface area contributed by atoms with Gasteiger partial charge in [-0.05, 0) is 24.5 Å². The minimum absolute atomic E-state index is 0.0659. The highest BCUT2D eigenvalue weighted by atomic mass is 16.2. The van der Waals surface area contributed by atoms with Crippen LogP contribution in [0.5, 0.6) is 0 Å². The van der Waals surface area contributed by atoms with E-state index in [0.717, 1.165) is 18.8 Å². The van der Waals surface area contributed by atoms with Gasteiger partial charge < -0.3 is 14.8 Å². The van der Waals surface area contributed by atoms with Gasteiger partial charge in [-0.1, -0.05) is 36.4 Å². The monoisotopic (exact) mass is 311 g/mol. The number of benzene rings is 1. The maximum atomic E-state index is 12.4. The van der Waals surface area contributed by atoms with Crippen LogP contribution in [0.2, 0.25) is 0 Å². The average molecular weight is 311 g/mol. The predicted octanol–water partition coefficient (Wildman–Crippen LogP) is 2.38. The van der Waals surface area contributed by atoms with Crippen molar-refractivity contribution in [2.75, 3.05) is 13.1 Å². The molecule has 3 rings (SSSR count). The van der Waals surface area contributed by atoms with E-state index in [1.54, 1.807) is 6.33 Å². The number of aryl methyl sites for hydroxylation is 1. The highest BCUT2D eigenvalue weighted by molar-refractivity contribution is 5.77. The van der Waals surface area contributed by atoms with Gasteiger partial charge in [0.15, 0.2) is 5.82 Å². The van der Waals surface area contributed by atoms with Crippen LogP contribution in [0.3, 0.4) is 0 Å². The Morgan fingerprint density at radius 3 is 2.70 bits per heavy atom. The van der Waals surface area contributed by atoms with E-state index in [2.05, 4.69) is 33.7 Å². The molecule has 23 heavy (non-hydrogen) atoms. The molecule has 0 radical (unpaired) electrons. The molecule has 1 atom stereocenters. The minimum Gasteiger partial charge on any atom is -0.328 e. The number of aromatic nitrogens is 3. The molecule has 1 aromatic carbocycles. The maximum absolute atomic E-state index is 12.4. The fraction of sp³-hybridized carbons (Fsp3) is 0.353. The van der Waals surface area contributed by atoms with Crippen LogP contribution in [0.15, 0.2) is 42.7 Å². The zero-order valence-corrected chi connectivity index (χ0v) is 13.4. The normalized spacial score (nSPS) is 15.9. The molecule has 6 heteroatoms. The zero-order chi connectivity index (χ0) is 16.2. The molecule has 1 aliphatic heterocycles. The summed E-state index contributed by atoms with van der Waals surface area (Å²) in [6.07, 6.45) is 4.63. The second-order valence-corrected chi connectivity index (χ2v) is 5.76. The summed E-state index contributed by atoms with van der Waals surface area (Å²) in [5.74, 6) is 0.746. The van der Waals surface area contributed by atoms with Gasteiger partial charge in [0.2, 0.25) is 0 Å². The van der Waals surface area contributed by atoms with Crippen molar-refractivity contribution < 1.29 is 4.79 Å². The first-order valence-corrected chi connectivity index (χ1v) is 7.79. The highest BCUT2D eigenvalue weighted by Crippen LogP contribution is 2.22. The lowest BCUT2D eigenvalue weighted by Gasteiger charge is -2.28. The SMILES string of the molecule is C[C@H](NC(=O)N1CC=C(c2ccccc2)CC1)c1nncn1C. The Hall–Kier alpha value is -2.63. The standard InChI is InChI=1S/C17H21N5O/c1-13(16-20-18-12-21(16)2)19-17(23)22-10-8-15(9-11-22)14-6-4-3-5-7-14/h3-8,12-13H,9-11H2,1-2H3,(H,19,23)/t13-/m0/s1. The summed E-state index contributed by atoms with van der Waals surface area (Å²) in [6.45, 7) is 3.26. The molecule has 1 aromatic heterocycles. The second-order valence-electron chi connectivity index (χ2n) is 5.76. The molecular formula is C17H21N5O. The average Bonchev–Trinajstić information content (AvgIpc) is 3.02. The Bertz CT molecular complexity index is 707. The molecule has 0 aliphatic carbocycles. The largest absolute Gasteiger partial charge is 0.328 e. The number of carbonyl (C=O) groups excluding carboxylic acids is 1. The molecule has 1 N–H and O–H groups in total. The van der Waals surface area contributed by atoms with Crippen molar-refractivity contribution >= 4 is 11.6 Å². The number of carbonyl (C=O) groups is 1. The highest BCUT2D eigenvalue weighted by Gasteiger charge is 2.21. The Balaban J connectivity index is 1.60. The van der Waals surface area contributed by atoms with E-state index in [9.17, 15) is 4.79 Å². The van der Waals surface area contributed by atoms with E-state index >= 15 is 0 Å². The lowest BCUT2D eigenvalue weighted by Crippen LogP contribution is -2.43. The first-order chi connectivity index (χ1) is 11.1. The summed E-state index contributed by atoms with van der Waals surface area (Å²) in [6, 6.07) is 10.1. The van der Waals surface area contributed by atoms with Gasteiger partial charge in [0.05, 0.1) is 6.04 Å². The van der Waals surface area contributed by atoms with Crippen LogP contribution in [0, 0.1) is 0 Å². The molecule has 2 aromatic rings. The number of nitrogens with zero attached hydrogens (tertiary/aromatic N) is 4. The number of amides is 2. The van der Waals surface area contributed by atoms with E-state index in [1.807, 2.05) is 41.6 Å². The number of hydrogen-bond acceptors (Lipinski definition) is 3. The zero-order valence-electron chi connectivity index (χ0n) is 13.4. The summed E-state index contributed by atoms with van der Waals surface area (Å²) >= 11 is 0. The maximum Gasteiger partial charge on any atom is 0.318 e. The summed E-state index contributed by atoms with van der Waals surface area (Å²) in [5.41, 5.74) is 2.54. The van der Waals surface area contributed by atoms with Gasteiger partial charge in [-0.15, -0.1) is 10.2 Å². The van der Waals surface area contributed by atoms with Gasteiger partial charge in [-0.2, -0.15) is 0 Å². The molecule has 1 aliphatic rings. The number of rotatable bonds is 3. The Kier molecular flexibility index (Phi) is 4.41. The van der Waals surface area contributed by atoms with Crippen LogP contribution in [-0.2, 0) is 7.05 Å². The van der Waals surface area contributed by atoms with E-state index < -0.39 is 0 Å². The summed E-state index contributed by atoms with van der Waals surface area (Å²) < 4.78 is 1.81. The van der Waals surface area contributed by atoms with Gasteiger partial charge >= 0.3 is 6.03 Å². The molecule has 6 nitrogen and oxygen atoms in total. The Labute approximate surface area is 135 Å². The summed E-state index contributed by atoms with van der Waals surface area (Å²) in [5, 5.41) is 10.9.